The molecule has 2 heteroatoms. The summed E-state index contributed by atoms with van der Waals surface area (Å²) in [4.78, 5) is 2.60. The van der Waals surface area contributed by atoms with Gasteiger partial charge in [0.25, 0.3) is 0 Å². The van der Waals surface area contributed by atoms with Crippen molar-refractivity contribution < 1.29 is 0 Å². The number of nitrogens with one attached hydrogen (secondary N) is 1. The predicted molar refractivity (Wildman–Crippen MR) is 67.1 cm³/mol. The quantitative estimate of drug-likeness (QED) is 0.700. The van der Waals surface area contributed by atoms with E-state index < -0.39 is 0 Å². The predicted octanol–water partition coefficient (Wildman–Crippen LogP) is 2.27. The average Bonchev–Trinajstić information content (AvgIpc) is 2.21. The molecular formula is C13H26N2. The molecule has 1 heterocycles. The smallest absolute Gasteiger partial charge is 0.0117 e. The fourth-order valence-electron chi connectivity index (χ4n) is 2.53. The van der Waals surface area contributed by atoms with Gasteiger partial charge in [0, 0.05) is 18.6 Å². The van der Waals surface area contributed by atoms with E-state index >= 15 is 0 Å². The Kier molecular flexibility index (Phi) is 5.34. The van der Waals surface area contributed by atoms with Crippen LogP contribution in [0.5, 0.6) is 0 Å². The number of piperidine rings is 1. The van der Waals surface area contributed by atoms with Crippen molar-refractivity contribution in [3.63, 3.8) is 0 Å². The summed E-state index contributed by atoms with van der Waals surface area (Å²) >= 11 is 0. The van der Waals surface area contributed by atoms with Crippen molar-refractivity contribution in [2.75, 3.05) is 19.6 Å². The molecule has 2 nitrogen and oxygen atoms in total. The van der Waals surface area contributed by atoms with Crippen LogP contribution in [0.1, 0.15) is 33.6 Å². The number of hydrogen-bond acceptors (Lipinski definition) is 2. The summed E-state index contributed by atoms with van der Waals surface area (Å²) in [6.45, 7) is 14.2. The molecule has 1 N–H and O–H groups in total. The largest absolute Gasteiger partial charge is 0.314 e. The Morgan fingerprint density at radius 1 is 1.60 bits per heavy atom. The van der Waals surface area contributed by atoms with Gasteiger partial charge in [0.2, 0.25) is 0 Å². The van der Waals surface area contributed by atoms with Gasteiger partial charge in [0.15, 0.2) is 0 Å². The van der Waals surface area contributed by atoms with Crippen molar-refractivity contribution in [1.29, 1.82) is 0 Å². The van der Waals surface area contributed by atoms with Gasteiger partial charge in [0.05, 0.1) is 0 Å². The van der Waals surface area contributed by atoms with Crippen LogP contribution in [0.25, 0.3) is 0 Å². The van der Waals surface area contributed by atoms with Crippen molar-refractivity contribution in [2.45, 2.75) is 45.7 Å². The number of rotatable bonds is 5. The Morgan fingerprint density at radius 3 is 2.87 bits per heavy atom. The average molecular weight is 210 g/mol. The van der Waals surface area contributed by atoms with Gasteiger partial charge in [-0.2, -0.15) is 0 Å². The number of likely N-dealkylation sites (tertiary alicyclic amines) is 1. The van der Waals surface area contributed by atoms with Crippen LogP contribution in [0.2, 0.25) is 0 Å². The molecule has 88 valence electrons. The maximum Gasteiger partial charge on any atom is 0.0117 e. The van der Waals surface area contributed by atoms with E-state index in [0.717, 1.165) is 24.9 Å². The first-order valence-electron chi connectivity index (χ1n) is 6.27. The molecule has 1 aliphatic heterocycles. The third-order valence-corrected chi connectivity index (χ3v) is 3.53. The minimum atomic E-state index is 0.660. The molecule has 1 rings (SSSR count). The summed E-state index contributed by atoms with van der Waals surface area (Å²) in [6.07, 6.45) is 4.43. The molecule has 0 aromatic carbocycles. The molecular weight excluding hydrogens is 184 g/mol. The molecule has 3 atom stereocenters. The molecule has 15 heavy (non-hydrogen) atoms. The highest BCUT2D eigenvalue weighted by atomic mass is 15.2. The van der Waals surface area contributed by atoms with Gasteiger partial charge < -0.3 is 5.32 Å². The summed E-state index contributed by atoms with van der Waals surface area (Å²) < 4.78 is 0. The van der Waals surface area contributed by atoms with E-state index in [1.807, 2.05) is 6.08 Å². The van der Waals surface area contributed by atoms with Crippen molar-refractivity contribution in [3.05, 3.63) is 12.7 Å². The van der Waals surface area contributed by atoms with Gasteiger partial charge in [0.1, 0.15) is 0 Å². The minimum absolute atomic E-state index is 0.660. The van der Waals surface area contributed by atoms with Crippen LogP contribution in [-0.2, 0) is 0 Å². The molecule has 1 saturated heterocycles. The molecule has 0 aromatic rings. The zero-order valence-electron chi connectivity index (χ0n) is 10.5. The summed E-state index contributed by atoms with van der Waals surface area (Å²) in [5, 5.41) is 3.58. The molecule has 0 spiro atoms. The molecule has 1 fully saturated rings. The van der Waals surface area contributed by atoms with Crippen LogP contribution in [0.4, 0.5) is 0 Å². The van der Waals surface area contributed by atoms with E-state index in [0.29, 0.717) is 6.04 Å². The van der Waals surface area contributed by atoms with Crippen LogP contribution < -0.4 is 5.32 Å². The van der Waals surface area contributed by atoms with Crippen LogP contribution in [-0.4, -0.2) is 36.6 Å². The first kappa shape index (κ1) is 12.7. The fraction of sp³-hybridized carbons (Fsp3) is 0.846. The van der Waals surface area contributed by atoms with Crippen molar-refractivity contribution in [2.24, 2.45) is 5.92 Å². The van der Waals surface area contributed by atoms with E-state index in [2.05, 4.69) is 37.6 Å². The maximum atomic E-state index is 3.82. The second-order valence-corrected chi connectivity index (χ2v) is 4.80. The zero-order chi connectivity index (χ0) is 11.3. The molecule has 0 bridgehead atoms. The summed E-state index contributed by atoms with van der Waals surface area (Å²) in [6, 6.07) is 1.38. The number of hydrogen-bond donors (Lipinski definition) is 1. The Labute approximate surface area is 94.7 Å². The monoisotopic (exact) mass is 210 g/mol. The van der Waals surface area contributed by atoms with E-state index in [1.165, 1.54) is 19.5 Å². The first-order valence-corrected chi connectivity index (χ1v) is 6.27. The van der Waals surface area contributed by atoms with E-state index in [4.69, 9.17) is 0 Å². The van der Waals surface area contributed by atoms with Gasteiger partial charge in [-0.3, -0.25) is 4.90 Å². The van der Waals surface area contributed by atoms with E-state index in [-0.39, 0.29) is 0 Å². The van der Waals surface area contributed by atoms with Crippen LogP contribution in [0.15, 0.2) is 12.7 Å². The lowest BCUT2D eigenvalue weighted by Gasteiger charge is -2.40. The van der Waals surface area contributed by atoms with Gasteiger partial charge in [-0.1, -0.05) is 19.9 Å². The third-order valence-electron chi connectivity index (χ3n) is 3.53. The highest BCUT2D eigenvalue weighted by molar-refractivity contribution is 4.86. The normalized spacial score (nSPS) is 30.1. The van der Waals surface area contributed by atoms with Gasteiger partial charge >= 0.3 is 0 Å². The highest BCUT2D eigenvalue weighted by Gasteiger charge is 2.27. The second-order valence-electron chi connectivity index (χ2n) is 4.80. The molecule has 3 unspecified atom stereocenters. The molecule has 0 aliphatic carbocycles. The summed E-state index contributed by atoms with van der Waals surface area (Å²) in [7, 11) is 0. The Morgan fingerprint density at radius 2 is 2.33 bits per heavy atom. The Bertz CT molecular complexity index is 191. The van der Waals surface area contributed by atoms with E-state index in [9.17, 15) is 0 Å². The maximum absolute atomic E-state index is 3.82. The Balaban J connectivity index is 2.39. The van der Waals surface area contributed by atoms with E-state index in [1.54, 1.807) is 0 Å². The SMILES string of the molecule is C=CCC(C)N1CCC(NCC)C(C)C1. The summed E-state index contributed by atoms with van der Waals surface area (Å²) in [5.74, 6) is 0.769. The van der Waals surface area contributed by atoms with Gasteiger partial charge in [-0.05, 0) is 38.8 Å². The topological polar surface area (TPSA) is 15.3 Å². The van der Waals surface area contributed by atoms with Crippen LogP contribution in [0.3, 0.4) is 0 Å². The molecule has 0 amide bonds. The molecule has 0 aromatic heterocycles. The minimum Gasteiger partial charge on any atom is -0.314 e. The lowest BCUT2D eigenvalue weighted by molar-refractivity contribution is 0.113. The highest BCUT2D eigenvalue weighted by Crippen LogP contribution is 2.19. The van der Waals surface area contributed by atoms with Crippen molar-refractivity contribution in [3.8, 4) is 0 Å². The summed E-state index contributed by atoms with van der Waals surface area (Å²) in [5.41, 5.74) is 0. The standard InChI is InChI=1S/C13H26N2/c1-5-7-12(4)15-9-8-13(14-6-2)11(3)10-15/h5,11-14H,1,6-10H2,2-4H3. The molecule has 0 radical (unpaired) electrons. The zero-order valence-corrected chi connectivity index (χ0v) is 10.5. The van der Waals surface area contributed by atoms with Crippen LogP contribution in [0, 0.1) is 5.92 Å². The van der Waals surface area contributed by atoms with Crippen LogP contribution >= 0.6 is 0 Å². The van der Waals surface area contributed by atoms with Gasteiger partial charge in [-0.25, -0.2) is 0 Å². The third kappa shape index (κ3) is 3.62. The van der Waals surface area contributed by atoms with Crippen molar-refractivity contribution >= 4 is 0 Å². The number of nitrogens with zero attached hydrogens (tertiary/aromatic N) is 1. The molecule has 0 saturated carbocycles. The lowest BCUT2D eigenvalue weighted by Crippen LogP contribution is -2.50. The molecule has 1 aliphatic rings. The van der Waals surface area contributed by atoms with Gasteiger partial charge in [-0.15, -0.1) is 6.58 Å². The fourth-order valence-corrected chi connectivity index (χ4v) is 2.53. The lowest BCUT2D eigenvalue weighted by atomic mass is 9.92. The van der Waals surface area contributed by atoms with Crippen molar-refractivity contribution in [1.82, 2.24) is 10.2 Å². The second kappa shape index (κ2) is 6.29. The first-order chi connectivity index (χ1) is 7.19. The Hall–Kier alpha value is -0.340.